The van der Waals surface area contributed by atoms with E-state index >= 15 is 0 Å². The van der Waals surface area contributed by atoms with Crippen molar-refractivity contribution in [2.24, 2.45) is 0 Å². The number of nitrogens with zero attached hydrogens (tertiary/aromatic N) is 1. The third kappa shape index (κ3) is 4.52. The molecule has 0 aliphatic rings. The minimum atomic E-state index is -1.01. The van der Waals surface area contributed by atoms with Crippen molar-refractivity contribution >= 4 is 23.2 Å². The van der Waals surface area contributed by atoms with E-state index in [2.05, 4.69) is 15.8 Å². The van der Waals surface area contributed by atoms with Crippen LogP contribution >= 0.6 is 11.3 Å². The van der Waals surface area contributed by atoms with Gasteiger partial charge in [-0.2, -0.15) is 0 Å². The Morgan fingerprint density at radius 2 is 1.75 bits per heavy atom. The van der Waals surface area contributed by atoms with E-state index in [-0.39, 0.29) is 5.75 Å². The SMILES string of the molecule is Cc1nc(-c2ccccc2)c(C(=O)NNC(=O)C(C)Oc2ccccc2F)s1. The molecule has 0 radical (unpaired) electrons. The highest BCUT2D eigenvalue weighted by Gasteiger charge is 2.21. The van der Waals surface area contributed by atoms with E-state index < -0.39 is 23.7 Å². The lowest BCUT2D eigenvalue weighted by Crippen LogP contribution is -2.47. The number of para-hydroxylation sites is 1. The summed E-state index contributed by atoms with van der Waals surface area (Å²) in [6, 6.07) is 15.1. The molecule has 144 valence electrons. The normalized spacial score (nSPS) is 11.5. The molecule has 3 rings (SSSR count). The fourth-order valence-corrected chi connectivity index (χ4v) is 3.27. The first-order valence-corrected chi connectivity index (χ1v) is 9.31. The van der Waals surface area contributed by atoms with Crippen molar-refractivity contribution in [2.45, 2.75) is 20.0 Å². The second-order valence-electron chi connectivity index (χ2n) is 5.91. The summed E-state index contributed by atoms with van der Waals surface area (Å²) in [4.78, 5) is 29.5. The summed E-state index contributed by atoms with van der Waals surface area (Å²) in [6.45, 7) is 3.26. The molecule has 0 fully saturated rings. The smallest absolute Gasteiger partial charge is 0.282 e. The third-order valence-electron chi connectivity index (χ3n) is 3.80. The molecule has 0 aliphatic carbocycles. The molecule has 1 atom stereocenters. The molecule has 1 unspecified atom stereocenters. The van der Waals surface area contributed by atoms with Crippen molar-refractivity contribution in [2.75, 3.05) is 0 Å². The molecular weight excluding hydrogens is 381 g/mol. The molecule has 0 bridgehead atoms. The minimum Gasteiger partial charge on any atom is -0.478 e. The molecule has 1 heterocycles. The number of hydrazine groups is 1. The van der Waals surface area contributed by atoms with E-state index in [1.54, 1.807) is 13.0 Å². The molecule has 8 heteroatoms. The summed E-state index contributed by atoms with van der Waals surface area (Å²) in [7, 11) is 0. The summed E-state index contributed by atoms with van der Waals surface area (Å²) >= 11 is 1.23. The van der Waals surface area contributed by atoms with E-state index in [1.165, 1.54) is 36.5 Å². The first-order valence-electron chi connectivity index (χ1n) is 8.50. The van der Waals surface area contributed by atoms with Gasteiger partial charge in [-0.05, 0) is 26.0 Å². The Balaban J connectivity index is 1.64. The Labute approximate surface area is 165 Å². The predicted octanol–water partition coefficient (Wildman–Crippen LogP) is 3.49. The van der Waals surface area contributed by atoms with E-state index in [0.29, 0.717) is 10.6 Å². The number of hydrogen-bond donors (Lipinski definition) is 2. The second-order valence-corrected chi connectivity index (χ2v) is 7.11. The van der Waals surface area contributed by atoms with Crippen LogP contribution in [0.25, 0.3) is 11.3 Å². The van der Waals surface area contributed by atoms with Crippen LogP contribution < -0.4 is 15.6 Å². The van der Waals surface area contributed by atoms with E-state index in [4.69, 9.17) is 4.74 Å². The number of benzene rings is 2. The van der Waals surface area contributed by atoms with Gasteiger partial charge in [0.25, 0.3) is 11.8 Å². The molecule has 0 aliphatic heterocycles. The molecule has 0 spiro atoms. The number of amides is 2. The highest BCUT2D eigenvalue weighted by Crippen LogP contribution is 2.27. The van der Waals surface area contributed by atoms with Crippen molar-refractivity contribution in [1.29, 1.82) is 0 Å². The second kappa shape index (κ2) is 8.62. The zero-order valence-electron chi connectivity index (χ0n) is 15.2. The summed E-state index contributed by atoms with van der Waals surface area (Å²) in [5.74, 6) is -1.71. The van der Waals surface area contributed by atoms with Gasteiger partial charge in [-0.3, -0.25) is 20.4 Å². The van der Waals surface area contributed by atoms with Gasteiger partial charge < -0.3 is 4.74 Å². The molecule has 1 aromatic heterocycles. The Hall–Kier alpha value is -3.26. The fourth-order valence-electron chi connectivity index (χ4n) is 2.43. The third-order valence-corrected chi connectivity index (χ3v) is 4.77. The molecule has 0 saturated carbocycles. The van der Waals surface area contributed by atoms with Crippen LogP contribution in [0.3, 0.4) is 0 Å². The van der Waals surface area contributed by atoms with Crippen LogP contribution in [0, 0.1) is 12.7 Å². The monoisotopic (exact) mass is 399 g/mol. The number of hydrogen-bond acceptors (Lipinski definition) is 5. The summed E-state index contributed by atoms with van der Waals surface area (Å²) in [6.07, 6.45) is -1.01. The average Bonchev–Trinajstić information content (AvgIpc) is 3.10. The molecule has 0 saturated heterocycles. The summed E-state index contributed by atoms with van der Waals surface area (Å²) < 4.78 is 18.9. The quantitative estimate of drug-likeness (QED) is 0.644. The van der Waals surface area contributed by atoms with Crippen molar-refractivity contribution in [3.8, 4) is 17.0 Å². The number of halogens is 1. The van der Waals surface area contributed by atoms with Crippen LogP contribution in [0.4, 0.5) is 4.39 Å². The van der Waals surface area contributed by atoms with Crippen LogP contribution in [-0.2, 0) is 4.79 Å². The number of nitrogens with one attached hydrogen (secondary N) is 2. The maximum atomic E-state index is 13.6. The largest absolute Gasteiger partial charge is 0.478 e. The number of aromatic nitrogens is 1. The fraction of sp³-hybridized carbons (Fsp3) is 0.150. The maximum Gasteiger partial charge on any atom is 0.282 e. The minimum absolute atomic E-state index is 0.0408. The Morgan fingerprint density at radius 3 is 2.46 bits per heavy atom. The number of carbonyl (C=O) groups is 2. The number of rotatable bonds is 5. The van der Waals surface area contributed by atoms with Gasteiger partial charge >= 0.3 is 0 Å². The number of ether oxygens (including phenoxy) is 1. The predicted molar refractivity (Wildman–Crippen MR) is 104 cm³/mol. The lowest BCUT2D eigenvalue weighted by Gasteiger charge is -2.15. The van der Waals surface area contributed by atoms with E-state index in [0.717, 1.165) is 10.6 Å². The zero-order chi connectivity index (χ0) is 20.1. The van der Waals surface area contributed by atoms with Gasteiger partial charge in [0, 0.05) is 5.56 Å². The highest BCUT2D eigenvalue weighted by molar-refractivity contribution is 7.14. The molecule has 2 N–H and O–H groups in total. The van der Waals surface area contributed by atoms with Crippen LogP contribution in [0.1, 0.15) is 21.6 Å². The molecule has 6 nitrogen and oxygen atoms in total. The van der Waals surface area contributed by atoms with Crippen molar-refractivity contribution in [3.05, 3.63) is 70.3 Å². The van der Waals surface area contributed by atoms with Crippen molar-refractivity contribution < 1.29 is 18.7 Å². The molecule has 3 aromatic rings. The first kappa shape index (κ1) is 19.5. The van der Waals surface area contributed by atoms with E-state index in [9.17, 15) is 14.0 Å². The molecule has 2 amide bonds. The van der Waals surface area contributed by atoms with Gasteiger partial charge in [0.2, 0.25) is 0 Å². The Bertz CT molecular complexity index is 991. The lowest BCUT2D eigenvalue weighted by molar-refractivity contribution is -0.128. The maximum absolute atomic E-state index is 13.6. The van der Waals surface area contributed by atoms with Crippen LogP contribution in [0.5, 0.6) is 5.75 Å². The van der Waals surface area contributed by atoms with Gasteiger partial charge in [0.1, 0.15) is 4.88 Å². The zero-order valence-corrected chi connectivity index (χ0v) is 16.0. The number of thiazole rings is 1. The van der Waals surface area contributed by atoms with Gasteiger partial charge in [-0.15, -0.1) is 11.3 Å². The highest BCUT2D eigenvalue weighted by atomic mass is 32.1. The summed E-state index contributed by atoms with van der Waals surface area (Å²) in [5, 5.41) is 0.728. The Morgan fingerprint density at radius 1 is 1.07 bits per heavy atom. The van der Waals surface area contributed by atoms with E-state index in [1.807, 2.05) is 30.3 Å². The van der Waals surface area contributed by atoms with Gasteiger partial charge in [-0.25, -0.2) is 9.37 Å². The van der Waals surface area contributed by atoms with Crippen LogP contribution in [0.15, 0.2) is 54.6 Å². The van der Waals surface area contributed by atoms with Crippen molar-refractivity contribution in [3.63, 3.8) is 0 Å². The number of aryl methyl sites for hydroxylation is 1. The van der Waals surface area contributed by atoms with Gasteiger partial charge in [0.15, 0.2) is 17.7 Å². The Kier molecular flexibility index (Phi) is 6.00. The van der Waals surface area contributed by atoms with Crippen LogP contribution in [0.2, 0.25) is 0 Å². The standard InChI is InChI=1S/C20H18FN3O3S/c1-12(27-16-11-7-6-10-15(16)21)19(25)23-24-20(26)18-17(22-13(2)28-18)14-8-4-3-5-9-14/h3-12H,1-2H3,(H,23,25)(H,24,26). The summed E-state index contributed by atoms with van der Waals surface area (Å²) in [5.41, 5.74) is 6.01. The van der Waals surface area contributed by atoms with Gasteiger partial charge in [0.05, 0.1) is 10.7 Å². The molecule has 28 heavy (non-hydrogen) atoms. The van der Waals surface area contributed by atoms with Crippen molar-refractivity contribution in [1.82, 2.24) is 15.8 Å². The molecule has 2 aromatic carbocycles. The van der Waals surface area contributed by atoms with Crippen LogP contribution in [-0.4, -0.2) is 22.9 Å². The van der Waals surface area contributed by atoms with Gasteiger partial charge in [-0.1, -0.05) is 42.5 Å². The number of carbonyl (C=O) groups excluding carboxylic acids is 2. The molecular formula is C20H18FN3O3S. The first-order chi connectivity index (χ1) is 13.5. The lowest BCUT2D eigenvalue weighted by atomic mass is 10.1. The topological polar surface area (TPSA) is 80.3 Å². The average molecular weight is 399 g/mol.